The molecule has 0 saturated carbocycles. The highest BCUT2D eigenvalue weighted by atomic mass is 19.1. The molecule has 0 fully saturated rings. The van der Waals surface area contributed by atoms with Crippen LogP contribution in [0.1, 0.15) is 24.2 Å². The van der Waals surface area contributed by atoms with Crippen LogP contribution in [-0.2, 0) is 0 Å². The zero-order valence-corrected chi connectivity index (χ0v) is 10.7. The number of hydrogen-bond acceptors (Lipinski definition) is 2. The van der Waals surface area contributed by atoms with E-state index in [4.69, 9.17) is 4.74 Å². The van der Waals surface area contributed by atoms with Crippen molar-refractivity contribution in [2.45, 2.75) is 20.0 Å². The lowest BCUT2D eigenvalue weighted by atomic mass is 10.1. The summed E-state index contributed by atoms with van der Waals surface area (Å²) in [5.74, 6) is -0.506. The summed E-state index contributed by atoms with van der Waals surface area (Å²) < 4.78 is 32.4. The fourth-order valence-corrected chi connectivity index (χ4v) is 1.81. The van der Waals surface area contributed by atoms with Crippen LogP contribution in [0.25, 0.3) is 0 Å². The number of rotatable bonds is 3. The smallest absolute Gasteiger partial charge is 0.136 e. The van der Waals surface area contributed by atoms with Gasteiger partial charge in [-0.15, -0.1) is 0 Å². The van der Waals surface area contributed by atoms with Gasteiger partial charge in [-0.05, 0) is 37.6 Å². The molecular formula is C15H14F2O2. The summed E-state index contributed by atoms with van der Waals surface area (Å²) in [6.45, 7) is 3.21. The van der Waals surface area contributed by atoms with Gasteiger partial charge in [0.15, 0.2) is 0 Å². The summed E-state index contributed by atoms with van der Waals surface area (Å²) in [6.07, 6.45) is -1.01. The molecule has 0 heterocycles. The Balaban J connectivity index is 2.44. The topological polar surface area (TPSA) is 29.5 Å². The van der Waals surface area contributed by atoms with E-state index in [-0.39, 0.29) is 11.3 Å². The molecule has 0 saturated heterocycles. The van der Waals surface area contributed by atoms with E-state index in [2.05, 4.69) is 0 Å². The maximum absolute atomic E-state index is 13.7. The second-order valence-corrected chi connectivity index (χ2v) is 4.34. The molecule has 1 atom stereocenters. The van der Waals surface area contributed by atoms with E-state index < -0.39 is 17.7 Å². The maximum atomic E-state index is 13.7. The molecular weight excluding hydrogens is 250 g/mol. The van der Waals surface area contributed by atoms with Gasteiger partial charge in [0.2, 0.25) is 0 Å². The molecule has 0 aromatic heterocycles. The van der Waals surface area contributed by atoms with Crippen molar-refractivity contribution in [1.82, 2.24) is 0 Å². The van der Waals surface area contributed by atoms with E-state index in [1.807, 2.05) is 0 Å². The Bertz CT molecular complexity index is 595. The third kappa shape index (κ3) is 2.90. The van der Waals surface area contributed by atoms with Gasteiger partial charge in [0, 0.05) is 6.07 Å². The van der Waals surface area contributed by atoms with Crippen LogP contribution in [0.5, 0.6) is 11.5 Å². The van der Waals surface area contributed by atoms with Crippen molar-refractivity contribution in [3.63, 3.8) is 0 Å². The second kappa shape index (κ2) is 5.36. The predicted octanol–water partition coefficient (Wildman–Crippen LogP) is 4.12. The van der Waals surface area contributed by atoms with Crippen LogP contribution in [0.4, 0.5) is 8.78 Å². The Morgan fingerprint density at radius 2 is 1.84 bits per heavy atom. The Kier molecular flexibility index (Phi) is 3.81. The minimum absolute atomic E-state index is 0.0613. The fourth-order valence-electron chi connectivity index (χ4n) is 1.81. The minimum Gasteiger partial charge on any atom is -0.456 e. The number of aliphatic hydroxyl groups excluding tert-OH is 1. The molecule has 0 amide bonds. The second-order valence-electron chi connectivity index (χ2n) is 4.34. The van der Waals surface area contributed by atoms with Crippen LogP contribution in [0.3, 0.4) is 0 Å². The van der Waals surface area contributed by atoms with E-state index in [1.54, 1.807) is 13.0 Å². The molecule has 19 heavy (non-hydrogen) atoms. The third-order valence-corrected chi connectivity index (χ3v) is 2.80. The zero-order valence-electron chi connectivity index (χ0n) is 10.7. The summed E-state index contributed by atoms with van der Waals surface area (Å²) >= 11 is 0. The molecule has 2 nitrogen and oxygen atoms in total. The van der Waals surface area contributed by atoms with Crippen molar-refractivity contribution in [2.24, 2.45) is 0 Å². The monoisotopic (exact) mass is 264 g/mol. The predicted molar refractivity (Wildman–Crippen MR) is 68.2 cm³/mol. The summed E-state index contributed by atoms with van der Waals surface area (Å²) in [5, 5.41) is 9.59. The lowest BCUT2D eigenvalue weighted by Crippen LogP contribution is -2.00. The highest BCUT2D eigenvalue weighted by Gasteiger charge is 2.16. The van der Waals surface area contributed by atoms with E-state index >= 15 is 0 Å². The van der Waals surface area contributed by atoms with E-state index in [1.165, 1.54) is 37.3 Å². The maximum Gasteiger partial charge on any atom is 0.136 e. The molecule has 100 valence electrons. The Hall–Kier alpha value is -1.94. The Labute approximate surface area is 110 Å². The molecule has 2 rings (SSSR count). The van der Waals surface area contributed by atoms with E-state index in [9.17, 15) is 13.9 Å². The van der Waals surface area contributed by atoms with Gasteiger partial charge in [-0.1, -0.05) is 12.1 Å². The molecule has 0 bridgehead atoms. The molecule has 0 aliphatic heterocycles. The average Bonchev–Trinajstić information content (AvgIpc) is 2.33. The average molecular weight is 264 g/mol. The van der Waals surface area contributed by atoms with Crippen molar-refractivity contribution < 1.29 is 18.6 Å². The summed E-state index contributed by atoms with van der Waals surface area (Å²) in [7, 11) is 0. The standard InChI is InChI=1S/C15H14F2O2/c1-9-6-7-11(16)8-14(9)19-13-5-3-4-12(17)15(13)10(2)18/h3-8,10,18H,1-2H3/t10-/m1/s1. The highest BCUT2D eigenvalue weighted by molar-refractivity contribution is 5.42. The number of aryl methyl sites for hydroxylation is 1. The van der Waals surface area contributed by atoms with E-state index in [0.29, 0.717) is 5.75 Å². The first-order chi connectivity index (χ1) is 8.99. The van der Waals surface area contributed by atoms with Crippen molar-refractivity contribution in [3.05, 3.63) is 59.2 Å². The number of benzene rings is 2. The van der Waals surface area contributed by atoms with Gasteiger partial charge in [-0.3, -0.25) is 0 Å². The first-order valence-corrected chi connectivity index (χ1v) is 5.89. The van der Waals surface area contributed by atoms with Gasteiger partial charge < -0.3 is 9.84 Å². The molecule has 0 radical (unpaired) electrons. The van der Waals surface area contributed by atoms with Crippen LogP contribution in [0, 0.1) is 18.6 Å². The number of halogens is 2. The minimum atomic E-state index is -1.01. The Morgan fingerprint density at radius 3 is 2.53 bits per heavy atom. The van der Waals surface area contributed by atoms with Crippen molar-refractivity contribution in [2.75, 3.05) is 0 Å². The van der Waals surface area contributed by atoms with Gasteiger partial charge in [0.05, 0.1) is 11.7 Å². The van der Waals surface area contributed by atoms with Crippen molar-refractivity contribution in [3.8, 4) is 11.5 Å². The molecule has 2 aromatic carbocycles. The quantitative estimate of drug-likeness (QED) is 0.903. The van der Waals surface area contributed by atoms with Crippen LogP contribution in [0.2, 0.25) is 0 Å². The van der Waals surface area contributed by atoms with Gasteiger partial charge in [-0.2, -0.15) is 0 Å². The lowest BCUT2D eigenvalue weighted by Gasteiger charge is -2.15. The van der Waals surface area contributed by atoms with Crippen LogP contribution < -0.4 is 4.74 Å². The normalized spacial score (nSPS) is 12.3. The summed E-state index contributed by atoms with van der Waals surface area (Å²) in [6, 6.07) is 8.38. The van der Waals surface area contributed by atoms with Crippen LogP contribution >= 0.6 is 0 Å². The van der Waals surface area contributed by atoms with Gasteiger partial charge in [0.1, 0.15) is 23.1 Å². The summed E-state index contributed by atoms with van der Waals surface area (Å²) in [5.41, 5.74) is 0.786. The first-order valence-electron chi connectivity index (χ1n) is 5.89. The molecule has 1 N–H and O–H groups in total. The zero-order chi connectivity index (χ0) is 14.0. The number of aliphatic hydroxyl groups is 1. The number of ether oxygens (including phenoxy) is 1. The van der Waals surface area contributed by atoms with Crippen molar-refractivity contribution in [1.29, 1.82) is 0 Å². The Morgan fingerprint density at radius 1 is 1.11 bits per heavy atom. The van der Waals surface area contributed by atoms with Crippen LogP contribution in [-0.4, -0.2) is 5.11 Å². The molecule has 0 unspecified atom stereocenters. The molecule has 2 aromatic rings. The van der Waals surface area contributed by atoms with Gasteiger partial charge in [0.25, 0.3) is 0 Å². The van der Waals surface area contributed by atoms with Crippen LogP contribution in [0.15, 0.2) is 36.4 Å². The van der Waals surface area contributed by atoms with Gasteiger partial charge in [-0.25, -0.2) is 8.78 Å². The van der Waals surface area contributed by atoms with E-state index in [0.717, 1.165) is 5.56 Å². The molecule has 0 aliphatic rings. The molecule has 4 heteroatoms. The van der Waals surface area contributed by atoms with Gasteiger partial charge >= 0.3 is 0 Å². The summed E-state index contributed by atoms with van der Waals surface area (Å²) in [4.78, 5) is 0. The molecule has 0 aliphatic carbocycles. The molecule has 0 spiro atoms. The lowest BCUT2D eigenvalue weighted by molar-refractivity contribution is 0.190. The van der Waals surface area contributed by atoms with Crippen molar-refractivity contribution >= 4 is 0 Å². The first kappa shape index (κ1) is 13.5. The number of hydrogen-bond donors (Lipinski definition) is 1. The SMILES string of the molecule is Cc1ccc(F)cc1Oc1cccc(F)c1[C@@H](C)O. The highest BCUT2D eigenvalue weighted by Crippen LogP contribution is 2.33. The fraction of sp³-hybridized carbons (Fsp3) is 0.200. The third-order valence-electron chi connectivity index (χ3n) is 2.80. The largest absolute Gasteiger partial charge is 0.456 e.